The molecule has 0 radical (unpaired) electrons. The first-order chi connectivity index (χ1) is 13.7. The van der Waals surface area contributed by atoms with Crippen LogP contribution in [0.25, 0.3) is 21.8 Å². The van der Waals surface area contributed by atoms with Gasteiger partial charge in [0.2, 0.25) is 0 Å². The second-order valence-electron chi connectivity index (χ2n) is 7.25. The van der Waals surface area contributed by atoms with Gasteiger partial charge < -0.3 is 10.2 Å². The van der Waals surface area contributed by atoms with E-state index in [1.54, 1.807) is 6.20 Å². The number of hydrogen-bond donors (Lipinski definition) is 1. The van der Waals surface area contributed by atoms with Crippen molar-refractivity contribution in [2.45, 2.75) is 13.0 Å². The first kappa shape index (κ1) is 16.8. The van der Waals surface area contributed by atoms with Crippen molar-refractivity contribution in [3.05, 3.63) is 77.6 Å². The van der Waals surface area contributed by atoms with E-state index in [0.29, 0.717) is 0 Å². The summed E-state index contributed by atoms with van der Waals surface area (Å²) >= 11 is 0. The molecule has 5 heteroatoms. The third-order valence-electron chi connectivity index (χ3n) is 5.35. The van der Waals surface area contributed by atoms with Gasteiger partial charge in [-0.1, -0.05) is 36.4 Å². The van der Waals surface area contributed by atoms with Gasteiger partial charge in [-0.05, 0) is 25.2 Å². The molecular formula is C23H20N4O. The molecule has 4 aromatic rings. The van der Waals surface area contributed by atoms with Crippen molar-refractivity contribution in [2.24, 2.45) is 0 Å². The summed E-state index contributed by atoms with van der Waals surface area (Å²) in [5, 5.41) is 5.00. The number of anilines is 1. The molecule has 1 amide bonds. The summed E-state index contributed by atoms with van der Waals surface area (Å²) in [7, 11) is 2.08. The van der Waals surface area contributed by atoms with Crippen molar-refractivity contribution in [3.8, 4) is 0 Å². The summed E-state index contributed by atoms with van der Waals surface area (Å²) in [4.78, 5) is 25.0. The number of carbonyl (C=O) groups excluding carboxylic acids is 1. The minimum atomic E-state index is -0.108. The highest BCUT2D eigenvalue weighted by atomic mass is 16.1. The van der Waals surface area contributed by atoms with E-state index in [2.05, 4.69) is 22.2 Å². The highest BCUT2D eigenvalue weighted by molar-refractivity contribution is 6.15. The van der Waals surface area contributed by atoms with Crippen LogP contribution < -0.4 is 5.32 Å². The van der Waals surface area contributed by atoms with E-state index in [1.165, 1.54) is 0 Å². The number of rotatable bonds is 2. The maximum atomic E-state index is 13.5. The fourth-order valence-electron chi connectivity index (χ4n) is 3.97. The van der Waals surface area contributed by atoms with Gasteiger partial charge in [0, 0.05) is 47.7 Å². The molecule has 5 rings (SSSR count). The topological polar surface area (TPSA) is 58.1 Å². The second-order valence-corrected chi connectivity index (χ2v) is 7.25. The molecule has 1 N–H and O–H groups in total. The lowest BCUT2D eigenvalue weighted by Gasteiger charge is -2.27. The molecule has 138 valence electrons. The number of fused-ring (bicyclic) bond motifs is 3. The number of carbonyl (C=O) groups is 1. The summed E-state index contributed by atoms with van der Waals surface area (Å²) in [5.74, 6) is -0.108. The molecule has 0 saturated heterocycles. The van der Waals surface area contributed by atoms with Gasteiger partial charge in [-0.2, -0.15) is 0 Å². The molecule has 1 aliphatic rings. The number of likely N-dealkylation sites (N-methyl/N-ethyl adjacent to an activating group) is 1. The van der Waals surface area contributed by atoms with Crippen LogP contribution in [0, 0.1) is 0 Å². The standard InChI is InChI=1S/C23H20N4O/c1-27-13-11-19-17(14-27)21(16-8-2-3-9-18(16)25-19)23(28)26-20-10-4-6-15-7-5-12-24-22(15)20/h2-10,12H,11,13-14H2,1H3,(H,26,28). The van der Waals surface area contributed by atoms with Crippen molar-refractivity contribution < 1.29 is 4.79 Å². The smallest absolute Gasteiger partial charge is 0.256 e. The zero-order valence-electron chi connectivity index (χ0n) is 15.6. The average molecular weight is 368 g/mol. The average Bonchev–Trinajstić information content (AvgIpc) is 2.72. The van der Waals surface area contributed by atoms with E-state index < -0.39 is 0 Å². The second kappa shape index (κ2) is 6.69. The van der Waals surface area contributed by atoms with E-state index >= 15 is 0 Å². The number of nitrogens with zero attached hydrogens (tertiary/aromatic N) is 3. The number of para-hydroxylation sites is 2. The number of hydrogen-bond acceptors (Lipinski definition) is 4. The minimum absolute atomic E-state index is 0.108. The highest BCUT2D eigenvalue weighted by Gasteiger charge is 2.24. The number of aromatic nitrogens is 2. The summed E-state index contributed by atoms with van der Waals surface area (Å²) in [6.07, 6.45) is 2.60. The Morgan fingerprint density at radius 2 is 1.93 bits per heavy atom. The first-order valence-electron chi connectivity index (χ1n) is 9.45. The van der Waals surface area contributed by atoms with Crippen LogP contribution >= 0.6 is 0 Å². The largest absolute Gasteiger partial charge is 0.320 e. The van der Waals surface area contributed by atoms with Crippen LogP contribution in [0.3, 0.4) is 0 Å². The molecule has 28 heavy (non-hydrogen) atoms. The SMILES string of the molecule is CN1CCc2nc3ccccc3c(C(=O)Nc3cccc4cccnc34)c2C1. The van der Waals surface area contributed by atoms with Crippen molar-refractivity contribution >= 4 is 33.4 Å². The summed E-state index contributed by atoms with van der Waals surface area (Å²) in [6.45, 7) is 1.68. The predicted octanol–water partition coefficient (Wildman–Crippen LogP) is 4.02. The van der Waals surface area contributed by atoms with Crippen molar-refractivity contribution in [1.82, 2.24) is 14.9 Å². The molecule has 2 aromatic heterocycles. The van der Waals surface area contributed by atoms with Crippen LogP contribution in [0.2, 0.25) is 0 Å². The van der Waals surface area contributed by atoms with Crippen LogP contribution in [0.15, 0.2) is 60.8 Å². The third-order valence-corrected chi connectivity index (χ3v) is 5.35. The van der Waals surface area contributed by atoms with Gasteiger partial charge in [0.05, 0.1) is 22.3 Å². The summed E-state index contributed by atoms with van der Waals surface area (Å²) in [6, 6.07) is 17.6. The lowest BCUT2D eigenvalue weighted by atomic mass is 9.95. The molecule has 0 bridgehead atoms. The first-order valence-corrected chi connectivity index (χ1v) is 9.45. The Morgan fingerprint density at radius 1 is 1.07 bits per heavy atom. The Balaban J connectivity index is 1.66. The van der Waals surface area contributed by atoms with Crippen molar-refractivity contribution in [3.63, 3.8) is 0 Å². The molecule has 0 spiro atoms. The van der Waals surface area contributed by atoms with Crippen molar-refractivity contribution in [2.75, 3.05) is 18.9 Å². The monoisotopic (exact) mass is 368 g/mol. The van der Waals surface area contributed by atoms with Gasteiger partial charge in [-0.3, -0.25) is 14.8 Å². The van der Waals surface area contributed by atoms with E-state index in [4.69, 9.17) is 4.98 Å². The highest BCUT2D eigenvalue weighted by Crippen LogP contribution is 2.29. The fraction of sp³-hybridized carbons (Fsp3) is 0.174. The van der Waals surface area contributed by atoms with Gasteiger partial charge in [0.25, 0.3) is 5.91 Å². The van der Waals surface area contributed by atoms with Gasteiger partial charge in [0.1, 0.15) is 0 Å². The molecule has 2 aromatic carbocycles. The fourth-order valence-corrected chi connectivity index (χ4v) is 3.97. The van der Waals surface area contributed by atoms with Crippen LogP contribution in [0.5, 0.6) is 0 Å². The normalized spacial score (nSPS) is 14.2. The zero-order chi connectivity index (χ0) is 19.1. The van der Waals surface area contributed by atoms with Gasteiger partial charge in [-0.15, -0.1) is 0 Å². The Kier molecular flexibility index (Phi) is 4.02. The maximum absolute atomic E-state index is 13.5. The van der Waals surface area contributed by atoms with E-state index in [9.17, 15) is 4.79 Å². The Labute approximate surface area is 163 Å². The zero-order valence-corrected chi connectivity index (χ0v) is 15.6. The van der Waals surface area contributed by atoms with Crippen molar-refractivity contribution in [1.29, 1.82) is 0 Å². The Morgan fingerprint density at radius 3 is 2.86 bits per heavy atom. The molecule has 0 atom stereocenters. The van der Waals surface area contributed by atoms with Crippen LogP contribution in [0.1, 0.15) is 21.6 Å². The van der Waals surface area contributed by atoms with Gasteiger partial charge >= 0.3 is 0 Å². The molecule has 0 aliphatic carbocycles. The minimum Gasteiger partial charge on any atom is -0.320 e. The molecular weight excluding hydrogens is 348 g/mol. The van der Waals surface area contributed by atoms with E-state index in [0.717, 1.165) is 63.8 Å². The van der Waals surface area contributed by atoms with E-state index in [1.807, 2.05) is 54.6 Å². The molecule has 1 aliphatic heterocycles. The maximum Gasteiger partial charge on any atom is 0.256 e. The van der Waals surface area contributed by atoms with E-state index in [-0.39, 0.29) is 5.91 Å². The number of benzene rings is 2. The number of nitrogens with one attached hydrogen (secondary N) is 1. The summed E-state index contributed by atoms with van der Waals surface area (Å²) in [5.41, 5.74) is 5.16. The Bertz CT molecular complexity index is 1210. The predicted molar refractivity (Wildman–Crippen MR) is 111 cm³/mol. The summed E-state index contributed by atoms with van der Waals surface area (Å²) < 4.78 is 0. The van der Waals surface area contributed by atoms with Gasteiger partial charge in [0.15, 0.2) is 0 Å². The van der Waals surface area contributed by atoms with Gasteiger partial charge in [-0.25, -0.2) is 0 Å². The third kappa shape index (κ3) is 2.80. The lowest BCUT2D eigenvalue weighted by Crippen LogP contribution is -2.30. The molecule has 3 heterocycles. The molecule has 0 saturated carbocycles. The Hall–Kier alpha value is -3.31. The lowest BCUT2D eigenvalue weighted by molar-refractivity contribution is 0.102. The molecule has 0 unspecified atom stereocenters. The number of pyridine rings is 2. The van der Waals surface area contributed by atoms with Crippen LogP contribution in [-0.2, 0) is 13.0 Å². The van der Waals surface area contributed by atoms with Crippen LogP contribution in [-0.4, -0.2) is 34.4 Å². The quantitative estimate of drug-likeness (QED) is 0.580. The molecule has 0 fully saturated rings. The number of amides is 1. The molecule has 5 nitrogen and oxygen atoms in total. The van der Waals surface area contributed by atoms with Crippen LogP contribution in [0.4, 0.5) is 5.69 Å².